The smallest absolute Gasteiger partial charge is 0.125 e. The van der Waals surface area contributed by atoms with Crippen molar-refractivity contribution in [3.8, 4) is 11.5 Å². The normalized spacial score (nSPS) is 12.3. The van der Waals surface area contributed by atoms with Gasteiger partial charge in [0.15, 0.2) is 0 Å². The zero-order chi connectivity index (χ0) is 10.6. The second-order valence-corrected chi connectivity index (χ2v) is 2.81. The molecule has 1 unspecified atom stereocenters. The number of methoxy groups -OCH3 is 2. The lowest BCUT2D eigenvalue weighted by atomic mass is 10.1. The molecule has 0 saturated heterocycles. The molecule has 0 fully saturated rings. The summed E-state index contributed by atoms with van der Waals surface area (Å²) in [7, 11) is 3.05. The number of hydrogen-bond acceptors (Lipinski definition) is 4. The van der Waals surface area contributed by atoms with Gasteiger partial charge in [-0.05, 0) is 18.2 Å². The van der Waals surface area contributed by atoms with Gasteiger partial charge in [-0.2, -0.15) is 0 Å². The van der Waals surface area contributed by atoms with Crippen LogP contribution in [0.2, 0.25) is 0 Å². The second kappa shape index (κ2) is 4.83. The number of rotatable bonds is 4. The van der Waals surface area contributed by atoms with Gasteiger partial charge in [-0.15, -0.1) is 0 Å². The molecule has 0 heterocycles. The van der Waals surface area contributed by atoms with Crippen LogP contribution in [0.15, 0.2) is 18.2 Å². The van der Waals surface area contributed by atoms with E-state index in [-0.39, 0.29) is 6.61 Å². The van der Waals surface area contributed by atoms with Gasteiger partial charge in [0.1, 0.15) is 17.6 Å². The molecule has 0 amide bonds. The minimum Gasteiger partial charge on any atom is -0.497 e. The fraction of sp³-hybridized carbons (Fsp3) is 0.400. The van der Waals surface area contributed by atoms with Gasteiger partial charge in [-0.25, -0.2) is 0 Å². The maximum atomic E-state index is 9.48. The molecule has 0 aromatic heterocycles. The van der Waals surface area contributed by atoms with Crippen molar-refractivity contribution < 1.29 is 19.7 Å². The van der Waals surface area contributed by atoms with Crippen LogP contribution in [-0.4, -0.2) is 31.0 Å². The summed E-state index contributed by atoms with van der Waals surface area (Å²) in [6.45, 7) is -0.344. The van der Waals surface area contributed by atoms with Gasteiger partial charge in [-0.3, -0.25) is 0 Å². The number of aliphatic hydroxyl groups excluding tert-OH is 2. The Morgan fingerprint density at radius 2 is 2.00 bits per heavy atom. The molecule has 4 nitrogen and oxygen atoms in total. The third-order valence-corrected chi connectivity index (χ3v) is 1.97. The maximum absolute atomic E-state index is 9.48. The summed E-state index contributed by atoms with van der Waals surface area (Å²) in [6.07, 6.45) is -0.944. The molecule has 0 radical (unpaired) electrons. The molecule has 78 valence electrons. The largest absolute Gasteiger partial charge is 0.497 e. The Labute approximate surface area is 82.7 Å². The summed E-state index contributed by atoms with van der Waals surface area (Å²) in [5.41, 5.74) is 0.523. The first-order chi connectivity index (χ1) is 6.72. The minimum atomic E-state index is -0.944. The highest BCUT2D eigenvalue weighted by molar-refractivity contribution is 5.41. The van der Waals surface area contributed by atoms with E-state index >= 15 is 0 Å². The van der Waals surface area contributed by atoms with Gasteiger partial charge in [0, 0.05) is 5.56 Å². The molecule has 1 aromatic carbocycles. The fourth-order valence-corrected chi connectivity index (χ4v) is 1.20. The van der Waals surface area contributed by atoms with Crippen molar-refractivity contribution in [3.63, 3.8) is 0 Å². The van der Waals surface area contributed by atoms with Crippen molar-refractivity contribution in [2.45, 2.75) is 6.10 Å². The first-order valence-corrected chi connectivity index (χ1v) is 4.23. The standard InChI is InChI=1S/C10H14O4/c1-13-7-3-4-10(14-2)8(5-7)9(12)6-11/h3-5,9,11-12H,6H2,1-2H3. The summed E-state index contributed by atoms with van der Waals surface area (Å²) in [5, 5.41) is 18.3. The lowest BCUT2D eigenvalue weighted by Crippen LogP contribution is -2.05. The highest BCUT2D eigenvalue weighted by Crippen LogP contribution is 2.28. The van der Waals surface area contributed by atoms with Crippen LogP contribution in [0.5, 0.6) is 11.5 Å². The molecule has 1 aromatic rings. The Morgan fingerprint density at radius 3 is 2.50 bits per heavy atom. The molecule has 0 aliphatic carbocycles. The number of ether oxygens (including phenoxy) is 2. The van der Waals surface area contributed by atoms with Crippen LogP contribution < -0.4 is 9.47 Å². The highest BCUT2D eigenvalue weighted by atomic mass is 16.5. The molecule has 0 spiro atoms. The molecular formula is C10H14O4. The topological polar surface area (TPSA) is 58.9 Å². The fourth-order valence-electron chi connectivity index (χ4n) is 1.20. The van der Waals surface area contributed by atoms with Crippen LogP contribution in [0.3, 0.4) is 0 Å². The third kappa shape index (κ3) is 2.16. The molecule has 4 heteroatoms. The molecule has 0 saturated carbocycles. The Balaban J connectivity index is 3.08. The maximum Gasteiger partial charge on any atom is 0.125 e. The number of aliphatic hydroxyl groups is 2. The van der Waals surface area contributed by atoms with Crippen LogP contribution in [0.25, 0.3) is 0 Å². The van der Waals surface area contributed by atoms with Crippen molar-refractivity contribution in [3.05, 3.63) is 23.8 Å². The third-order valence-electron chi connectivity index (χ3n) is 1.97. The van der Waals surface area contributed by atoms with Crippen LogP contribution in [0, 0.1) is 0 Å². The molecule has 2 N–H and O–H groups in total. The lowest BCUT2D eigenvalue weighted by Gasteiger charge is -2.13. The first kappa shape index (κ1) is 10.8. The zero-order valence-corrected chi connectivity index (χ0v) is 8.23. The molecule has 0 aliphatic rings. The molecular weight excluding hydrogens is 184 g/mol. The van der Waals surface area contributed by atoms with E-state index in [1.165, 1.54) is 14.2 Å². The molecule has 1 rings (SSSR count). The van der Waals surface area contributed by atoms with Gasteiger partial charge >= 0.3 is 0 Å². The quantitative estimate of drug-likeness (QED) is 0.748. The summed E-state index contributed by atoms with van der Waals surface area (Å²) in [5.74, 6) is 1.15. The zero-order valence-electron chi connectivity index (χ0n) is 8.23. The highest BCUT2D eigenvalue weighted by Gasteiger charge is 2.13. The van der Waals surface area contributed by atoms with Crippen LogP contribution in [-0.2, 0) is 0 Å². The van der Waals surface area contributed by atoms with E-state index in [1.54, 1.807) is 18.2 Å². The average Bonchev–Trinajstić information content (AvgIpc) is 2.27. The SMILES string of the molecule is COc1ccc(OC)c(C(O)CO)c1. The van der Waals surface area contributed by atoms with E-state index in [0.29, 0.717) is 17.1 Å². The summed E-state index contributed by atoms with van der Waals surface area (Å²) >= 11 is 0. The molecule has 0 bridgehead atoms. The van der Waals surface area contributed by atoms with Crippen molar-refractivity contribution in [2.75, 3.05) is 20.8 Å². The number of benzene rings is 1. The molecule has 0 aliphatic heterocycles. The Bertz CT molecular complexity index is 298. The summed E-state index contributed by atoms with van der Waals surface area (Å²) < 4.78 is 10.0. The van der Waals surface area contributed by atoms with E-state index in [0.717, 1.165) is 0 Å². The van der Waals surface area contributed by atoms with Crippen LogP contribution in [0.1, 0.15) is 11.7 Å². The molecule has 14 heavy (non-hydrogen) atoms. The van der Waals surface area contributed by atoms with Crippen molar-refractivity contribution in [1.29, 1.82) is 0 Å². The predicted molar refractivity (Wildman–Crippen MR) is 51.6 cm³/mol. The summed E-state index contributed by atoms with van der Waals surface area (Å²) in [6, 6.07) is 5.05. The van der Waals surface area contributed by atoms with E-state index in [9.17, 15) is 5.11 Å². The Hall–Kier alpha value is -1.26. The Kier molecular flexibility index (Phi) is 3.73. The minimum absolute atomic E-state index is 0.344. The second-order valence-electron chi connectivity index (χ2n) is 2.81. The van der Waals surface area contributed by atoms with Crippen molar-refractivity contribution in [2.24, 2.45) is 0 Å². The lowest BCUT2D eigenvalue weighted by molar-refractivity contribution is 0.0931. The Morgan fingerprint density at radius 1 is 1.29 bits per heavy atom. The number of hydrogen-bond donors (Lipinski definition) is 2. The van der Waals surface area contributed by atoms with E-state index in [1.807, 2.05) is 0 Å². The summed E-state index contributed by atoms with van der Waals surface area (Å²) in [4.78, 5) is 0. The van der Waals surface area contributed by atoms with Gasteiger partial charge in [0.05, 0.1) is 20.8 Å². The van der Waals surface area contributed by atoms with E-state index in [2.05, 4.69) is 0 Å². The molecule has 1 atom stereocenters. The van der Waals surface area contributed by atoms with Crippen LogP contribution >= 0.6 is 0 Å². The van der Waals surface area contributed by atoms with Gasteiger partial charge in [-0.1, -0.05) is 0 Å². The monoisotopic (exact) mass is 198 g/mol. The predicted octanol–water partition coefficient (Wildman–Crippen LogP) is 0.730. The van der Waals surface area contributed by atoms with Gasteiger partial charge in [0.25, 0.3) is 0 Å². The van der Waals surface area contributed by atoms with Gasteiger partial charge < -0.3 is 19.7 Å². The van der Waals surface area contributed by atoms with Gasteiger partial charge in [0.2, 0.25) is 0 Å². The van der Waals surface area contributed by atoms with Crippen LogP contribution in [0.4, 0.5) is 0 Å². The average molecular weight is 198 g/mol. The van der Waals surface area contributed by atoms with E-state index in [4.69, 9.17) is 14.6 Å². The first-order valence-electron chi connectivity index (χ1n) is 4.23. The van der Waals surface area contributed by atoms with Crippen molar-refractivity contribution >= 4 is 0 Å². The van der Waals surface area contributed by atoms with E-state index < -0.39 is 6.10 Å². The van der Waals surface area contributed by atoms with Crippen molar-refractivity contribution in [1.82, 2.24) is 0 Å².